The zero-order valence-electron chi connectivity index (χ0n) is 13.6. The van der Waals surface area contributed by atoms with Gasteiger partial charge in [0, 0.05) is 17.0 Å². The summed E-state index contributed by atoms with van der Waals surface area (Å²) in [6.45, 7) is 1.89. The molecule has 0 saturated heterocycles. The van der Waals surface area contributed by atoms with E-state index in [4.69, 9.17) is 5.11 Å². The average molecular weight is 344 g/mol. The zero-order valence-corrected chi connectivity index (χ0v) is 14.4. The van der Waals surface area contributed by atoms with Crippen molar-refractivity contribution in [2.24, 2.45) is 0 Å². The number of benzene rings is 1. The van der Waals surface area contributed by atoms with Crippen LogP contribution < -0.4 is 0 Å². The normalized spacial score (nSPS) is 13.7. The third kappa shape index (κ3) is 4.00. The number of aryl methyl sites for hydroxylation is 1. The van der Waals surface area contributed by atoms with E-state index < -0.39 is 5.97 Å². The largest absolute Gasteiger partial charge is 0.480 e. The molecule has 1 amide bonds. The van der Waals surface area contributed by atoms with E-state index in [2.05, 4.69) is 24.0 Å². The Labute approximate surface area is 145 Å². The lowest BCUT2D eigenvalue weighted by molar-refractivity contribution is -0.144. The molecular weight excluding hydrogens is 324 g/mol. The second kappa shape index (κ2) is 7.13. The summed E-state index contributed by atoms with van der Waals surface area (Å²) in [6.07, 6.45) is 2.95. The smallest absolute Gasteiger partial charge is 0.323 e. The molecule has 2 aromatic rings. The summed E-state index contributed by atoms with van der Waals surface area (Å²) in [4.78, 5) is 29.3. The molecule has 5 nitrogen and oxygen atoms in total. The Morgan fingerprint density at radius 3 is 2.58 bits per heavy atom. The van der Waals surface area contributed by atoms with E-state index in [0.717, 1.165) is 29.8 Å². The van der Waals surface area contributed by atoms with Crippen molar-refractivity contribution < 1.29 is 14.7 Å². The van der Waals surface area contributed by atoms with Gasteiger partial charge >= 0.3 is 5.97 Å². The van der Waals surface area contributed by atoms with Crippen molar-refractivity contribution in [3.63, 3.8) is 0 Å². The molecule has 1 aliphatic rings. The van der Waals surface area contributed by atoms with Crippen LogP contribution in [-0.2, 0) is 22.4 Å². The number of hydrogen-bond acceptors (Lipinski definition) is 4. The maximum Gasteiger partial charge on any atom is 0.323 e. The minimum Gasteiger partial charge on any atom is -0.480 e. The Kier molecular flexibility index (Phi) is 4.94. The van der Waals surface area contributed by atoms with Gasteiger partial charge in [-0.2, -0.15) is 0 Å². The summed E-state index contributed by atoms with van der Waals surface area (Å²) in [5.74, 6) is -1.12. The number of rotatable bonds is 7. The van der Waals surface area contributed by atoms with Gasteiger partial charge in [0.25, 0.3) is 0 Å². The van der Waals surface area contributed by atoms with Crippen molar-refractivity contribution in [1.82, 2.24) is 9.88 Å². The van der Waals surface area contributed by atoms with Crippen LogP contribution in [0.2, 0.25) is 0 Å². The molecule has 24 heavy (non-hydrogen) atoms. The van der Waals surface area contributed by atoms with Crippen molar-refractivity contribution in [2.75, 3.05) is 6.54 Å². The Morgan fingerprint density at radius 1 is 1.29 bits per heavy atom. The number of carbonyl (C=O) groups excluding carboxylic acids is 1. The van der Waals surface area contributed by atoms with E-state index in [9.17, 15) is 9.59 Å². The van der Waals surface area contributed by atoms with Gasteiger partial charge in [-0.1, -0.05) is 31.2 Å². The Balaban J connectivity index is 1.68. The molecule has 1 saturated carbocycles. The van der Waals surface area contributed by atoms with Gasteiger partial charge < -0.3 is 10.0 Å². The molecule has 0 unspecified atom stereocenters. The lowest BCUT2D eigenvalue weighted by Crippen LogP contribution is -2.38. The predicted molar refractivity (Wildman–Crippen MR) is 93.0 cm³/mol. The summed E-state index contributed by atoms with van der Waals surface area (Å²) < 4.78 is 0. The van der Waals surface area contributed by atoms with Gasteiger partial charge in [0.1, 0.15) is 11.6 Å². The molecule has 126 valence electrons. The van der Waals surface area contributed by atoms with Crippen LogP contribution in [-0.4, -0.2) is 39.5 Å². The van der Waals surface area contributed by atoms with E-state index in [-0.39, 0.29) is 24.9 Å². The Hall–Kier alpha value is -2.21. The third-order valence-electron chi connectivity index (χ3n) is 4.11. The van der Waals surface area contributed by atoms with Gasteiger partial charge in [-0.05, 0) is 24.8 Å². The monoisotopic (exact) mass is 344 g/mol. The van der Waals surface area contributed by atoms with Gasteiger partial charge in [-0.25, -0.2) is 4.98 Å². The summed E-state index contributed by atoms with van der Waals surface area (Å²) in [6, 6.07) is 8.36. The highest BCUT2D eigenvalue weighted by molar-refractivity contribution is 7.13. The molecule has 1 fully saturated rings. The van der Waals surface area contributed by atoms with Gasteiger partial charge in [-0.15, -0.1) is 11.3 Å². The first-order chi connectivity index (χ1) is 11.6. The third-order valence-corrected chi connectivity index (χ3v) is 5.05. The topological polar surface area (TPSA) is 70.5 Å². The van der Waals surface area contributed by atoms with Crippen LogP contribution in [0.3, 0.4) is 0 Å². The predicted octanol–water partition coefficient (Wildman–Crippen LogP) is 2.99. The maximum atomic E-state index is 12.4. The van der Waals surface area contributed by atoms with Crippen molar-refractivity contribution in [3.05, 3.63) is 40.9 Å². The first-order valence-corrected chi connectivity index (χ1v) is 8.99. The number of aliphatic carboxylic acids is 1. The molecule has 0 spiro atoms. The number of carboxylic acid groups (broad SMARTS) is 1. The standard InChI is InChI=1S/C18H20N2O3S/c1-2-12-3-5-13(6-4-12)18-19-14(11-24-18)9-16(21)20(10-17(22)23)15-7-8-15/h3-6,11,15H,2,7-10H2,1H3,(H,22,23). The van der Waals surface area contributed by atoms with Gasteiger partial charge in [0.05, 0.1) is 12.1 Å². The quantitative estimate of drug-likeness (QED) is 0.838. The summed E-state index contributed by atoms with van der Waals surface area (Å²) in [7, 11) is 0. The molecule has 0 atom stereocenters. The van der Waals surface area contributed by atoms with Gasteiger partial charge in [0.15, 0.2) is 0 Å². The number of nitrogens with zero attached hydrogens (tertiary/aromatic N) is 2. The van der Waals surface area contributed by atoms with E-state index in [1.54, 1.807) is 0 Å². The molecular formula is C18H20N2O3S. The average Bonchev–Trinajstić information content (AvgIpc) is 3.31. The number of thiazole rings is 1. The molecule has 1 N–H and O–H groups in total. The highest BCUT2D eigenvalue weighted by Gasteiger charge is 2.33. The van der Waals surface area contributed by atoms with Crippen LogP contribution in [0.15, 0.2) is 29.6 Å². The minimum absolute atomic E-state index is 0.0910. The number of carbonyl (C=O) groups is 2. The molecule has 0 aliphatic heterocycles. The van der Waals surface area contributed by atoms with Crippen LogP contribution >= 0.6 is 11.3 Å². The second-order valence-corrected chi connectivity index (χ2v) is 6.88. The SMILES string of the molecule is CCc1ccc(-c2nc(CC(=O)N(CC(=O)O)C3CC3)cs2)cc1. The molecule has 1 aromatic heterocycles. The van der Waals surface area contributed by atoms with E-state index in [1.165, 1.54) is 21.8 Å². The highest BCUT2D eigenvalue weighted by Crippen LogP contribution is 2.28. The zero-order chi connectivity index (χ0) is 17.1. The summed E-state index contributed by atoms with van der Waals surface area (Å²) in [5.41, 5.74) is 3.02. The lowest BCUT2D eigenvalue weighted by Gasteiger charge is -2.19. The van der Waals surface area contributed by atoms with Crippen LogP contribution in [0.1, 0.15) is 31.0 Å². The number of aromatic nitrogens is 1. The first-order valence-electron chi connectivity index (χ1n) is 8.11. The van der Waals surface area contributed by atoms with Gasteiger partial charge in [0.2, 0.25) is 5.91 Å². The van der Waals surface area contributed by atoms with Gasteiger partial charge in [-0.3, -0.25) is 9.59 Å². The number of amides is 1. The van der Waals surface area contributed by atoms with Crippen molar-refractivity contribution in [3.8, 4) is 10.6 Å². The fraction of sp³-hybridized carbons (Fsp3) is 0.389. The fourth-order valence-electron chi connectivity index (χ4n) is 2.61. The molecule has 0 radical (unpaired) electrons. The second-order valence-electron chi connectivity index (χ2n) is 6.02. The van der Waals surface area contributed by atoms with Crippen LogP contribution in [0.25, 0.3) is 10.6 Å². The summed E-state index contributed by atoms with van der Waals surface area (Å²) >= 11 is 1.51. The molecule has 1 heterocycles. The maximum absolute atomic E-state index is 12.4. The van der Waals surface area contributed by atoms with Crippen LogP contribution in [0.5, 0.6) is 0 Å². The highest BCUT2D eigenvalue weighted by atomic mass is 32.1. The summed E-state index contributed by atoms with van der Waals surface area (Å²) in [5, 5.41) is 11.7. The first kappa shape index (κ1) is 16.6. The lowest BCUT2D eigenvalue weighted by atomic mass is 10.1. The van der Waals surface area contributed by atoms with Crippen LogP contribution in [0.4, 0.5) is 0 Å². The number of carboxylic acids is 1. The van der Waals surface area contributed by atoms with E-state index in [1.807, 2.05) is 17.5 Å². The fourth-order valence-corrected chi connectivity index (χ4v) is 3.44. The van der Waals surface area contributed by atoms with E-state index >= 15 is 0 Å². The minimum atomic E-state index is -0.967. The molecule has 6 heteroatoms. The van der Waals surface area contributed by atoms with Crippen LogP contribution in [0, 0.1) is 0 Å². The van der Waals surface area contributed by atoms with E-state index in [0.29, 0.717) is 5.69 Å². The Bertz CT molecular complexity index is 735. The number of hydrogen-bond donors (Lipinski definition) is 1. The molecule has 1 aliphatic carbocycles. The molecule has 1 aromatic carbocycles. The Morgan fingerprint density at radius 2 is 2.00 bits per heavy atom. The van der Waals surface area contributed by atoms with Crippen molar-refractivity contribution >= 4 is 23.2 Å². The van der Waals surface area contributed by atoms with Crippen molar-refractivity contribution in [1.29, 1.82) is 0 Å². The molecule has 3 rings (SSSR count). The molecule has 0 bridgehead atoms. The van der Waals surface area contributed by atoms with Crippen molar-refractivity contribution in [2.45, 2.75) is 38.6 Å².